The van der Waals surface area contributed by atoms with Crippen molar-refractivity contribution in [2.75, 3.05) is 6.54 Å². The molecule has 0 aromatic rings. The maximum absolute atomic E-state index is 12.4. The fourth-order valence-electron chi connectivity index (χ4n) is 7.91. The number of aliphatic hydroxyl groups is 1. The molecule has 0 bridgehead atoms. The summed E-state index contributed by atoms with van der Waals surface area (Å²) in [6.45, 7) is 5.15. The van der Waals surface area contributed by atoms with Gasteiger partial charge in [-0.1, -0.05) is 13.8 Å². The molecule has 0 amide bonds. The second-order valence-corrected chi connectivity index (χ2v) is 9.93. The van der Waals surface area contributed by atoms with Crippen molar-refractivity contribution >= 4 is 5.78 Å². The number of ketones is 1. The van der Waals surface area contributed by atoms with E-state index in [9.17, 15) is 9.90 Å². The van der Waals surface area contributed by atoms with Gasteiger partial charge in [0.15, 0.2) is 0 Å². The van der Waals surface area contributed by atoms with Crippen LogP contribution in [0.3, 0.4) is 0 Å². The Balaban J connectivity index is 1.60. The summed E-state index contributed by atoms with van der Waals surface area (Å²) in [5, 5.41) is 10.1. The summed E-state index contributed by atoms with van der Waals surface area (Å²) in [5.74, 6) is 3.58. The van der Waals surface area contributed by atoms with Crippen molar-refractivity contribution in [3.63, 3.8) is 0 Å². The number of aliphatic hydroxyl groups excluding tert-OH is 1. The first-order valence-corrected chi connectivity index (χ1v) is 10.3. The molecule has 0 saturated heterocycles. The van der Waals surface area contributed by atoms with Crippen LogP contribution in [-0.4, -0.2) is 23.5 Å². The molecule has 4 saturated carbocycles. The number of rotatable bonds is 2. The van der Waals surface area contributed by atoms with Crippen LogP contribution < -0.4 is 5.73 Å². The van der Waals surface area contributed by atoms with Gasteiger partial charge >= 0.3 is 0 Å². The third-order valence-electron chi connectivity index (χ3n) is 9.23. The molecule has 3 unspecified atom stereocenters. The molecule has 0 spiro atoms. The molecular formula is C21H35NO2. The summed E-state index contributed by atoms with van der Waals surface area (Å²) in [7, 11) is 0. The molecule has 3 N–H and O–H groups in total. The van der Waals surface area contributed by atoms with Gasteiger partial charge in [-0.15, -0.1) is 0 Å². The Morgan fingerprint density at radius 3 is 2.46 bits per heavy atom. The van der Waals surface area contributed by atoms with E-state index in [1.165, 1.54) is 38.5 Å². The predicted octanol–water partition coefficient (Wildman–Crippen LogP) is 3.53. The lowest BCUT2D eigenvalue weighted by Crippen LogP contribution is -2.54. The first-order chi connectivity index (χ1) is 11.4. The number of carbonyl (C=O) groups is 1. The number of hydrogen-bond acceptors (Lipinski definition) is 3. The highest BCUT2D eigenvalue weighted by molar-refractivity contribution is 5.84. The molecule has 8 atom stereocenters. The van der Waals surface area contributed by atoms with Crippen LogP contribution in [0.1, 0.15) is 71.6 Å². The molecule has 3 nitrogen and oxygen atoms in total. The van der Waals surface area contributed by atoms with Crippen molar-refractivity contribution in [1.82, 2.24) is 0 Å². The van der Waals surface area contributed by atoms with Crippen molar-refractivity contribution < 1.29 is 9.90 Å². The average Bonchev–Trinajstić information content (AvgIpc) is 2.92. The van der Waals surface area contributed by atoms with Crippen LogP contribution >= 0.6 is 0 Å². The third-order valence-corrected chi connectivity index (χ3v) is 9.23. The van der Waals surface area contributed by atoms with Crippen LogP contribution in [0.15, 0.2) is 0 Å². The number of carbonyl (C=O) groups excluding carboxylic acids is 1. The topological polar surface area (TPSA) is 63.3 Å². The van der Waals surface area contributed by atoms with Crippen molar-refractivity contribution in [3.05, 3.63) is 0 Å². The Bertz CT molecular complexity index is 520. The molecule has 0 heterocycles. The minimum atomic E-state index is -0.0634. The molecule has 4 aliphatic carbocycles. The van der Waals surface area contributed by atoms with Gasteiger partial charge in [-0.05, 0) is 92.3 Å². The molecular weight excluding hydrogens is 298 g/mol. The molecule has 0 aromatic carbocycles. The van der Waals surface area contributed by atoms with Crippen LogP contribution in [0.4, 0.5) is 0 Å². The summed E-state index contributed by atoms with van der Waals surface area (Å²) in [6.07, 6.45) is 10.6. The first-order valence-electron chi connectivity index (χ1n) is 10.3. The maximum atomic E-state index is 12.4. The molecule has 136 valence electrons. The Morgan fingerprint density at radius 1 is 1.00 bits per heavy atom. The predicted molar refractivity (Wildman–Crippen MR) is 95.3 cm³/mol. The normalized spacial score (nSPS) is 53.8. The van der Waals surface area contributed by atoms with E-state index in [0.29, 0.717) is 11.2 Å². The quantitative estimate of drug-likeness (QED) is 0.812. The van der Waals surface area contributed by atoms with Gasteiger partial charge in [-0.2, -0.15) is 0 Å². The van der Waals surface area contributed by atoms with E-state index in [1.807, 2.05) is 0 Å². The molecule has 3 heteroatoms. The van der Waals surface area contributed by atoms with Gasteiger partial charge in [0, 0.05) is 5.92 Å². The molecule has 4 rings (SSSR count). The van der Waals surface area contributed by atoms with Crippen molar-refractivity contribution in [2.45, 2.75) is 77.7 Å². The molecule has 0 aliphatic heterocycles. The van der Waals surface area contributed by atoms with Gasteiger partial charge in [0.05, 0.1) is 12.6 Å². The van der Waals surface area contributed by atoms with Gasteiger partial charge in [0.1, 0.15) is 5.78 Å². The van der Waals surface area contributed by atoms with E-state index in [4.69, 9.17) is 5.73 Å². The summed E-state index contributed by atoms with van der Waals surface area (Å²) < 4.78 is 0. The van der Waals surface area contributed by atoms with Crippen molar-refractivity contribution in [2.24, 2.45) is 46.2 Å². The van der Waals surface area contributed by atoms with Crippen molar-refractivity contribution in [3.8, 4) is 0 Å². The zero-order chi connectivity index (χ0) is 17.1. The summed E-state index contributed by atoms with van der Waals surface area (Å²) in [4.78, 5) is 12.4. The number of nitrogens with two attached hydrogens (primary N) is 1. The lowest BCUT2D eigenvalue weighted by Gasteiger charge is -2.60. The number of Topliss-reactive ketones (excluding diaryl/α,β-unsaturated/α-hetero) is 1. The van der Waals surface area contributed by atoms with Gasteiger partial charge in [-0.3, -0.25) is 4.79 Å². The van der Waals surface area contributed by atoms with Crippen LogP contribution in [0.5, 0.6) is 0 Å². The standard InChI is InChI=1S/C21H35NO2/c1-20-9-7-14(23)11-13(20)3-4-15-16-5-6-18(19(24)12-22)21(16,2)10-8-17(15)20/h13-18,23H,3-12,22H2,1-2H3/t13?,14?,15-,16-,17+,18?,20-,21-/m0/s1. The lowest BCUT2D eigenvalue weighted by atomic mass is 9.44. The summed E-state index contributed by atoms with van der Waals surface area (Å²) in [6, 6.07) is 0. The second kappa shape index (κ2) is 5.81. The zero-order valence-corrected chi connectivity index (χ0v) is 15.5. The Kier molecular flexibility index (Phi) is 4.12. The largest absolute Gasteiger partial charge is 0.393 e. The van der Waals surface area contributed by atoms with Gasteiger partial charge in [0.25, 0.3) is 0 Å². The third kappa shape index (κ3) is 2.26. The van der Waals surface area contributed by atoms with Crippen LogP contribution in [-0.2, 0) is 4.79 Å². The maximum Gasteiger partial charge on any atom is 0.150 e. The van der Waals surface area contributed by atoms with Crippen LogP contribution in [0.25, 0.3) is 0 Å². The van der Waals surface area contributed by atoms with E-state index >= 15 is 0 Å². The minimum absolute atomic E-state index is 0.0634. The lowest BCUT2D eigenvalue weighted by molar-refractivity contribution is -0.138. The average molecular weight is 334 g/mol. The Labute approximate surface area is 146 Å². The smallest absolute Gasteiger partial charge is 0.150 e. The highest BCUT2D eigenvalue weighted by Crippen LogP contribution is 2.67. The Hall–Kier alpha value is -0.410. The second-order valence-electron chi connectivity index (χ2n) is 9.93. The SMILES string of the molecule is C[C@]12CCC(O)CC1CC[C@@H]1[C@H]2CC[C@]2(C)C(C(=O)CN)CC[C@@H]12. The highest BCUT2D eigenvalue weighted by atomic mass is 16.3. The van der Waals surface area contributed by atoms with Gasteiger partial charge in [0.2, 0.25) is 0 Å². The van der Waals surface area contributed by atoms with Crippen LogP contribution in [0.2, 0.25) is 0 Å². The molecule has 4 aliphatic rings. The van der Waals surface area contributed by atoms with E-state index < -0.39 is 0 Å². The van der Waals surface area contributed by atoms with E-state index in [-0.39, 0.29) is 24.0 Å². The first kappa shape index (κ1) is 17.0. The molecule has 4 fully saturated rings. The zero-order valence-electron chi connectivity index (χ0n) is 15.5. The molecule has 0 radical (unpaired) electrons. The minimum Gasteiger partial charge on any atom is -0.393 e. The van der Waals surface area contributed by atoms with Crippen LogP contribution in [0, 0.1) is 40.4 Å². The van der Waals surface area contributed by atoms with E-state index in [2.05, 4.69) is 13.8 Å². The fourth-order valence-corrected chi connectivity index (χ4v) is 7.91. The number of hydrogen-bond donors (Lipinski definition) is 2. The van der Waals surface area contributed by atoms with Gasteiger partial charge in [-0.25, -0.2) is 0 Å². The highest BCUT2D eigenvalue weighted by Gasteiger charge is 2.60. The summed E-state index contributed by atoms with van der Waals surface area (Å²) >= 11 is 0. The summed E-state index contributed by atoms with van der Waals surface area (Å²) in [5.41, 5.74) is 6.35. The Morgan fingerprint density at radius 2 is 1.71 bits per heavy atom. The van der Waals surface area contributed by atoms with E-state index in [1.54, 1.807) is 0 Å². The molecule has 24 heavy (non-hydrogen) atoms. The monoisotopic (exact) mass is 333 g/mol. The van der Waals surface area contributed by atoms with Gasteiger partial charge < -0.3 is 10.8 Å². The fraction of sp³-hybridized carbons (Fsp3) is 0.952. The molecule has 0 aromatic heterocycles. The number of fused-ring (bicyclic) bond motifs is 5. The van der Waals surface area contributed by atoms with Crippen molar-refractivity contribution in [1.29, 1.82) is 0 Å². The van der Waals surface area contributed by atoms with E-state index in [0.717, 1.165) is 42.9 Å².